The zero-order valence-corrected chi connectivity index (χ0v) is 39.8. The Morgan fingerprint density at radius 2 is 0.727 bits per heavy atom. The molecule has 9 heterocycles. The van der Waals surface area contributed by atoms with Crippen LogP contribution in [0.5, 0.6) is 0 Å². The second-order valence-electron chi connectivity index (χ2n) is 18.6. The summed E-state index contributed by atoms with van der Waals surface area (Å²) >= 11 is 0. The fourth-order valence-corrected chi connectivity index (χ4v) is 17.4. The van der Waals surface area contributed by atoms with Crippen LogP contribution in [-0.4, -0.2) is 129 Å². The highest BCUT2D eigenvalue weighted by molar-refractivity contribution is 7.90. The largest absolute Gasteiger partial charge is 0.312 e. The lowest BCUT2D eigenvalue weighted by molar-refractivity contribution is 0.373. The molecule has 66 heavy (non-hydrogen) atoms. The van der Waals surface area contributed by atoms with Crippen LogP contribution in [0, 0.1) is 17.8 Å². The Labute approximate surface area is 387 Å². The summed E-state index contributed by atoms with van der Waals surface area (Å²) in [4.78, 5) is 13.4. The van der Waals surface area contributed by atoms with Crippen LogP contribution in [0.15, 0.2) is 125 Å². The van der Waals surface area contributed by atoms with Gasteiger partial charge >= 0.3 is 0 Å². The van der Waals surface area contributed by atoms with E-state index in [2.05, 4.69) is 30.9 Å². The molecule has 0 aliphatic carbocycles. The number of fused-ring (bicyclic) bond motifs is 6. The Balaban J connectivity index is 0.000000116. The van der Waals surface area contributed by atoms with Gasteiger partial charge in [-0.1, -0.05) is 36.4 Å². The first-order chi connectivity index (χ1) is 31.8. The molecule has 6 aromatic rings. The summed E-state index contributed by atoms with van der Waals surface area (Å²) in [5.74, 6) is 1.30. The smallest absolute Gasteiger partial charge is 0.243 e. The first kappa shape index (κ1) is 45.3. The fraction of sp³-hybridized carbons (Fsp3) is 0.438. The number of aromatic nitrogens is 3. The van der Waals surface area contributed by atoms with E-state index in [1.165, 1.54) is 0 Å². The highest BCUT2D eigenvalue weighted by Crippen LogP contribution is 2.39. The summed E-state index contributed by atoms with van der Waals surface area (Å²) in [7, 11) is -10.5. The van der Waals surface area contributed by atoms with Crippen molar-refractivity contribution >= 4 is 62.4 Å². The molecular formula is C48H57N9O6S3. The SMILES string of the molecule is CC1C2NCCC2CN1S(=O)(=O)c1cccc2cnccc12.C[C@@H]1[C@H]2NCC[C@H]2CN1S(=O)(=O)c1cccc2cnccc12.C[C@H]1[C@@H]2NCC[C@@H]2CN1S(=O)(=O)c1cccc2cnccc12. The quantitative estimate of drug-likeness (QED) is 0.207. The molecule has 3 N–H and O–H groups in total. The Hall–Kier alpha value is -4.50. The van der Waals surface area contributed by atoms with E-state index in [1.54, 1.807) is 105 Å². The van der Waals surface area contributed by atoms with Gasteiger partial charge in [0.05, 0.1) is 14.7 Å². The molecule has 6 aliphatic heterocycles. The summed E-state index contributed by atoms with van der Waals surface area (Å²) in [6.45, 7) is 10.8. The Morgan fingerprint density at radius 3 is 1.00 bits per heavy atom. The molecule has 0 spiro atoms. The number of sulfonamides is 3. The van der Waals surface area contributed by atoms with Crippen LogP contribution >= 0.6 is 0 Å². The predicted octanol–water partition coefficient (Wildman–Crippen LogP) is 4.82. The zero-order chi connectivity index (χ0) is 46.0. The average molecular weight is 952 g/mol. The number of nitrogens with zero attached hydrogens (tertiary/aromatic N) is 6. The molecule has 348 valence electrons. The maximum absolute atomic E-state index is 13.2. The van der Waals surface area contributed by atoms with Gasteiger partial charge in [-0.05, 0) is 114 Å². The van der Waals surface area contributed by atoms with Crippen molar-refractivity contribution in [1.29, 1.82) is 0 Å². The lowest BCUT2D eigenvalue weighted by Gasteiger charge is -2.24. The van der Waals surface area contributed by atoms with Crippen molar-refractivity contribution in [3.8, 4) is 0 Å². The van der Waals surface area contributed by atoms with E-state index in [0.717, 1.165) is 71.2 Å². The van der Waals surface area contributed by atoms with Crippen LogP contribution in [0.4, 0.5) is 0 Å². The van der Waals surface area contributed by atoms with E-state index in [9.17, 15) is 25.3 Å². The lowest BCUT2D eigenvalue weighted by atomic mass is 10.0. The summed E-state index contributed by atoms with van der Waals surface area (Å²) < 4.78 is 84.0. The van der Waals surface area contributed by atoms with Gasteiger partial charge in [0.25, 0.3) is 0 Å². The third-order valence-electron chi connectivity index (χ3n) is 15.1. The first-order valence-corrected chi connectivity index (χ1v) is 27.3. The number of hydrogen-bond acceptors (Lipinski definition) is 12. The Kier molecular flexibility index (Phi) is 12.3. The number of pyridine rings is 3. The van der Waals surface area contributed by atoms with E-state index >= 15 is 0 Å². The van der Waals surface area contributed by atoms with E-state index in [-0.39, 0.29) is 36.3 Å². The van der Waals surface area contributed by atoms with Gasteiger partial charge < -0.3 is 16.0 Å². The molecule has 0 amide bonds. The van der Waals surface area contributed by atoms with E-state index in [0.29, 0.717) is 52.1 Å². The van der Waals surface area contributed by atoms with Gasteiger partial charge in [-0.3, -0.25) is 15.0 Å². The number of rotatable bonds is 6. The van der Waals surface area contributed by atoms with Crippen molar-refractivity contribution in [3.05, 3.63) is 110 Å². The number of hydrogen-bond donors (Lipinski definition) is 3. The second kappa shape index (κ2) is 17.9. The van der Waals surface area contributed by atoms with Crippen molar-refractivity contribution in [1.82, 2.24) is 43.8 Å². The van der Waals surface area contributed by atoms with E-state index in [4.69, 9.17) is 0 Å². The lowest BCUT2D eigenvalue weighted by Crippen LogP contribution is -2.42. The summed E-state index contributed by atoms with van der Waals surface area (Å²) in [6, 6.07) is 22.3. The topological polar surface area (TPSA) is 187 Å². The van der Waals surface area contributed by atoms with Crippen molar-refractivity contribution < 1.29 is 25.3 Å². The van der Waals surface area contributed by atoms with Crippen LogP contribution in [-0.2, 0) is 30.1 Å². The van der Waals surface area contributed by atoms with E-state index < -0.39 is 30.1 Å². The minimum Gasteiger partial charge on any atom is -0.312 e. The molecule has 18 heteroatoms. The molecule has 3 unspecified atom stereocenters. The molecule has 3 aromatic carbocycles. The predicted molar refractivity (Wildman–Crippen MR) is 255 cm³/mol. The summed E-state index contributed by atoms with van der Waals surface area (Å²) in [5, 5.41) is 15.1. The molecule has 0 bridgehead atoms. The van der Waals surface area contributed by atoms with E-state index in [1.807, 2.05) is 39.0 Å². The Bertz CT molecular complexity index is 2780. The second-order valence-corrected chi connectivity index (χ2v) is 24.2. The van der Waals surface area contributed by atoms with Crippen LogP contribution in [0.2, 0.25) is 0 Å². The third-order valence-corrected chi connectivity index (χ3v) is 21.1. The average Bonchev–Trinajstić information content (AvgIpc) is 4.20. The Morgan fingerprint density at radius 1 is 0.439 bits per heavy atom. The van der Waals surface area contributed by atoms with Gasteiger partial charge in [0.1, 0.15) is 0 Å². The fourth-order valence-electron chi connectivity index (χ4n) is 11.7. The molecule has 6 aliphatic rings. The molecule has 0 saturated carbocycles. The van der Waals surface area contributed by atoms with Crippen molar-refractivity contribution in [2.45, 2.75) is 91.0 Å². The highest BCUT2D eigenvalue weighted by atomic mass is 32.2. The minimum atomic E-state index is -3.49. The first-order valence-electron chi connectivity index (χ1n) is 23.0. The van der Waals surface area contributed by atoms with Crippen LogP contribution in [0.3, 0.4) is 0 Å². The third kappa shape index (κ3) is 7.90. The molecule has 9 atom stereocenters. The highest BCUT2D eigenvalue weighted by Gasteiger charge is 2.49. The minimum absolute atomic E-state index is 0.00501. The normalized spacial score (nSPS) is 29.0. The van der Waals surface area contributed by atoms with Gasteiger partial charge in [-0.2, -0.15) is 12.9 Å². The zero-order valence-electron chi connectivity index (χ0n) is 37.3. The maximum Gasteiger partial charge on any atom is 0.243 e. The van der Waals surface area contributed by atoms with Gasteiger partial charge in [-0.15, -0.1) is 0 Å². The molecule has 12 rings (SSSR count). The van der Waals surface area contributed by atoms with Crippen LogP contribution < -0.4 is 16.0 Å². The van der Waals surface area contributed by atoms with Crippen LogP contribution in [0.1, 0.15) is 40.0 Å². The molecule has 15 nitrogen and oxygen atoms in total. The van der Waals surface area contributed by atoms with Crippen molar-refractivity contribution in [2.24, 2.45) is 17.8 Å². The molecule has 6 saturated heterocycles. The maximum atomic E-state index is 13.2. The monoisotopic (exact) mass is 951 g/mol. The molecule has 6 fully saturated rings. The summed E-state index contributed by atoms with van der Waals surface area (Å²) in [6.07, 6.45) is 13.2. The molecular weight excluding hydrogens is 895 g/mol. The van der Waals surface area contributed by atoms with Crippen molar-refractivity contribution in [2.75, 3.05) is 39.3 Å². The van der Waals surface area contributed by atoms with Crippen molar-refractivity contribution in [3.63, 3.8) is 0 Å². The molecule has 3 aromatic heterocycles. The molecule has 0 radical (unpaired) electrons. The van der Waals surface area contributed by atoms with Gasteiger partial charge in [0.2, 0.25) is 30.1 Å². The number of nitrogens with one attached hydrogen (secondary N) is 3. The number of benzene rings is 3. The van der Waals surface area contributed by atoms with Gasteiger partial charge in [0, 0.05) is 125 Å². The van der Waals surface area contributed by atoms with Gasteiger partial charge in [0.15, 0.2) is 0 Å². The van der Waals surface area contributed by atoms with Crippen LogP contribution in [0.25, 0.3) is 32.3 Å². The standard InChI is InChI=1S/3C16H19N3O2S/c3*1-11-16-13(5-8-18-16)10-19(11)22(20,21)15-4-2-3-12-9-17-7-6-14(12)15/h3*2-4,6-7,9,11,13,16,18H,5,8,10H2,1H3/t2*11-,13+,16-;/m10./s1. The summed E-state index contributed by atoms with van der Waals surface area (Å²) in [5.41, 5.74) is 0. The van der Waals surface area contributed by atoms with Gasteiger partial charge in [-0.25, -0.2) is 25.3 Å².